The van der Waals surface area contributed by atoms with Crippen LogP contribution in [0.1, 0.15) is 36.0 Å². The lowest BCUT2D eigenvalue weighted by Gasteiger charge is -2.41. The minimum Gasteiger partial charge on any atom is -0.481 e. The maximum atomic E-state index is 13.0. The van der Waals surface area contributed by atoms with E-state index >= 15 is 0 Å². The number of piperidine rings is 1. The van der Waals surface area contributed by atoms with Gasteiger partial charge < -0.3 is 19.5 Å². The maximum Gasteiger partial charge on any atom is 0.306 e. The van der Waals surface area contributed by atoms with Gasteiger partial charge in [0.2, 0.25) is 6.79 Å². The molecule has 1 saturated carbocycles. The van der Waals surface area contributed by atoms with Crippen LogP contribution in [0.4, 0.5) is 0 Å². The molecule has 2 fully saturated rings. The molecule has 122 valence electrons. The number of carboxylic acids is 1. The van der Waals surface area contributed by atoms with E-state index in [0.29, 0.717) is 30.0 Å². The number of fused-ring (bicyclic) bond motifs is 2. The highest BCUT2D eigenvalue weighted by molar-refractivity contribution is 5.98. The number of amides is 1. The zero-order chi connectivity index (χ0) is 16.0. The summed E-state index contributed by atoms with van der Waals surface area (Å²) in [6.07, 6.45) is 3.27. The molecule has 1 N–H and O–H groups in total. The Hall–Kier alpha value is -2.24. The number of para-hydroxylation sites is 1. The quantitative estimate of drug-likeness (QED) is 0.904. The summed E-state index contributed by atoms with van der Waals surface area (Å²) in [6, 6.07) is 5.35. The van der Waals surface area contributed by atoms with Crippen LogP contribution in [0.15, 0.2) is 18.2 Å². The Bertz CT molecular complexity index is 658. The average molecular weight is 317 g/mol. The van der Waals surface area contributed by atoms with Gasteiger partial charge in [-0.25, -0.2) is 0 Å². The van der Waals surface area contributed by atoms with Crippen molar-refractivity contribution in [2.75, 3.05) is 13.3 Å². The number of benzene rings is 1. The first-order valence-corrected chi connectivity index (χ1v) is 8.09. The van der Waals surface area contributed by atoms with Gasteiger partial charge in [0, 0.05) is 12.6 Å². The number of nitrogens with zero attached hydrogens (tertiary/aromatic N) is 1. The predicted octanol–water partition coefficient (Wildman–Crippen LogP) is 2.13. The number of hydrogen-bond acceptors (Lipinski definition) is 4. The molecule has 1 aliphatic carbocycles. The number of rotatable bonds is 2. The SMILES string of the molecule is O=C(O)C1CCN(C(=O)c2cccc3c2OCO3)C2CCCC12. The highest BCUT2D eigenvalue weighted by Crippen LogP contribution is 2.43. The smallest absolute Gasteiger partial charge is 0.306 e. The van der Waals surface area contributed by atoms with E-state index < -0.39 is 5.97 Å². The van der Waals surface area contributed by atoms with Crippen molar-refractivity contribution >= 4 is 11.9 Å². The second-order valence-electron chi connectivity index (χ2n) is 6.43. The van der Waals surface area contributed by atoms with Crippen molar-refractivity contribution in [3.63, 3.8) is 0 Å². The van der Waals surface area contributed by atoms with Gasteiger partial charge in [-0.05, 0) is 37.3 Å². The van der Waals surface area contributed by atoms with Gasteiger partial charge in [-0.2, -0.15) is 0 Å². The zero-order valence-corrected chi connectivity index (χ0v) is 12.7. The number of carboxylic acid groups (broad SMARTS) is 1. The molecule has 3 atom stereocenters. The number of ether oxygens (including phenoxy) is 2. The van der Waals surface area contributed by atoms with E-state index in [0.717, 1.165) is 19.3 Å². The Morgan fingerprint density at radius 3 is 2.87 bits per heavy atom. The Kier molecular flexibility index (Phi) is 3.39. The topological polar surface area (TPSA) is 76.1 Å². The molecule has 1 amide bonds. The largest absolute Gasteiger partial charge is 0.481 e. The fourth-order valence-corrected chi connectivity index (χ4v) is 4.30. The van der Waals surface area contributed by atoms with Crippen molar-refractivity contribution in [3.8, 4) is 11.5 Å². The highest BCUT2D eigenvalue weighted by Gasteiger charge is 2.46. The molecule has 2 aliphatic heterocycles. The summed E-state index contributed by atoms with van der Waals surface area (Å²) in [4.78, 5) is 26.3. The van der Waals surface area contributed by atoms with E-state index in [1.165, 1.54) is 0 Å². The molecule has 1 aromatic carbocycles. The van der Waals surface area contributed by atoms with E-state index in [1.807, 2.05) is 4.90 Å². The summed E-state index contributed by atoms with van der Waals surface area (Å²) in [5.74, 6) is 0.0397. The molecule has 0 bridgehead atoms. The van der Waals surface area contributed by atoms with Gasteiger partial charge in [0.25, 0.3) is 5.91 Å². The summed E-state index contributed by atoms with van der Waals surface area (Å²) >= 11 is 0. The first kappa shape index (κ1) is 14.4. The number of aliphatic carboxylic acids is 1. The Labute approximate surface area is 134 Å². The third-order valence-corrected chi connectivity index (χ3v) is 5.33. The molecule has 0 spiro atoms. The van der Waals surface area contributed by atoms with Gasteiger partial charge in [-0.1, -0.05) is 12.5 Å². The van der Waals surface area contributed by atoms with E-state index in [1.54, 1.807) is 18.2 Å². The lowest BCUT2D eigenvalue weighted by Crippen LogP contribution is -2.51. The van der Waals surface area contributed by atoms with Gasteiger partial charge in [-0.3, -0.25) is 9.59 Å². The van der Waals surface area contributed by atoms with Gasteiger partial charge in [0.15, 0.2) is 11.5 Å². The van der Waals surface area contributed by atoms with Crippen molar-refractivity contribution in [2.45, 2.75) is 31.7 Å². The van der Waals surface area contributed by atoms with Crippen molar-refractivity contribution in [1.82, 2.24) is 4.90 Å². The summed E-state index contributed by atoms with van der Waals surface area (Å²) in [5, 5.41) is 9.41. The summed E-state index contributed by atoms with van der Waals surface area (Å²) in [7, 11) is 0. The third kappa shape index (κ3) is 2.24. The second-order valence-corrected chi connectivity index (χ2v) is 6.43. The minimum atomic E-state index is -0.730. The van der Waals surface area contributed by atoms with Crippen molar-refractivity contribution < 1.29 is 24.2 Å². The van der Waals surface area contributed by atoms with Crippen LogP contribution in [-0.2, 0) is 4.79 Å². The Morgan fingerprint density at radius 1 is 1.17 bits per heavy atom. The molecule has 0 radical (unpaired) electrons. The van der Waals surface area contributed by atoms with Gasteiger partial charge in [0.05, 0.1) is 11.5 Å². The third-order valence-electron chi connectivity index (χ3n) is 5.33. The lowest BCUT2D eigenvalue weighted by atomic mass is 9.81. The predicted molar refractivity (Wildman–Crippen MR) is 80.5 cm³/mol. The van der Waals surface area contributed by atoms with E-state index in [4.69, 9.17) is 9.47 Å². The maximum absolute atomic E-state index is 13.0. The molecule has 3 unspecified atom stereocenters. The summed E-state index contributed by atoms with van der Waals surface area (Å²) < 4.78 is 10.8. The Morgan fingerprint density at radius 2 is 2.04 bits per heavy atom. The summed E-state index contributed by atoms with van der Waals surface area (Å²) in [5.41, 5.74) is 0.513. The standard InChI is InChI=1S/C17H19NO5/c19-16(12-4-2-6-14-15(12)23-9-22-14)18-8-7-11(17(20)21)10-3-1-5-13(10)18/h2,4,6,10-11,13H,1,3,5,7-9H2,(H,20,21). The first-order valence-electron chi connectivity index (χ1n) is 8.09. The van der Waals surface area contributed by atoms with Crippen molar-refractivity contribution in [3.05, 3.63) is 23.8 Å². The molecule has 6 heteroatoms. The molecule has 2 heterocycles. The molecule has 4 rings (SSSR count). The number of carbonyl (C=O) groups is 2. The van der Waals surface area contributed by atoms with Gasteiger partial charge in [0.1, 0.15) is 0 Å². The minimum absolute atomic E-state index is 0.0236. The molecule has 0 aromatic heterocycles. The zero-order valence-electron chi connectivity index (χ0n) is 12.7. The van der Waals surface area contributed by atoms with Crippen molar-refractivity contribution in [1.29, 1.82) is 0 Å². The van der Waals surface area contributed by atoms with Crippen molar-refractivity contribution in [2.24, 2.45) is 11.8 Å². The Balaban J connectivity index is 1.62. The van der Waals surface area contributed by atoms with Crippen LogP contribution in [0.5, 0.6) is 11.5 Å². The first-order chi connectivity index (χ1) is 11.2. The molecular weight excluding hydrogens is 298 g/mol. The number of carbonyl (C=O) groups excluding carboxylic acids is 1. The van der Waals surface area contributed by atoms with Crippen LogP contribution in [-0.4, -0.2) is 41.3 Å². The van der Waals surface area contributed by atoms with Gasteiger partial charge >= 0.3 is 5.97 Å². The normalized spacial score (nSPS) is 28.5. The van der Waals surface area contributed by atoms with E-state index in [9.17, 15) is 14.7 Å². The fraction of sp³-hybridized carbons (Fsp3) is 0.529. The van der Waals surface area contributed by atoms with Gasteiger partial charge in [-0.15, -0.1) is 0 Å². The second kappa shape index (κ2) is 5.44. The molecule has 3 aliphatic rings. The molecule has 1 saturated heterocycles. The monoisotopic (exact) mass is 317 g/mol. The lowest BCUT2D eigenvalue weighted by molar-refractivity contribution is -0.146. The molecule has 1 aromatic rings. The number of hydrogen-bond donors (Lipinski definition) is 1. The number of likely N-dealkylation sites (tertiary alicyclic amines) is 1. The molecular formula is C17H19NO5. The van der Waals surface area contributed by atoms with Crippen LogP contribution < -0.4 is 9.47 Å². The molecule has 6 nitrogen and oxygen atoms in total. The van der Waals surface area contributed by atoms with Crippen LogP contribution in [0.25, 0.3) is 0 Å². The van der Waals surface area contributed by atoms with E-state index in [-0.39, 0.29) is 30.6 Å². The molecule has 23 heavy (non-hydrogen) atoms. The van der Waals surface area contributed by atoms with Crippen LogP contribution in [0, 0.1) is 11.8 Å². The average Bonchev–Trinajstić information content (AvgIpc) is 3.21. The van der Waals surface area contributed by atoms with E-state index in [2.05, 4.69) is 0 Å². The van der Waals surface area contributed by atoms with Crippen LogP contribution >= 0.6 is 0 Å². The van der Waals surface area contributed by atoms with Crippen LogP contribution in [0.3, 0.4) is 0 Å². The summed E-state index contributed by atoms with van der Waals surface area (Å²) in [6.45, 7) is 0.619. The van der Waals surface area contributed by atoms with Crippen LogP contribution in [0.2, 0.25) is 0 Å². The fourth-order valence-electron chi connectivity index (χ4n) is 4.30. The highest BCUT2D eigenvalue weighted by atomic mass is 16.7.